The summed E-state index contributed by atoms with van der Waals surface area (Å²) in [4.78, 5) is 4.34. The lowest BCUT2D eigenvalue weighted by molar-refractivity contribution is 0.394. The molecule has 0 saturated heterocycles. The first-order chi connectivity index (χ1) is 12.1. The van der Waals surface area contributed by atoms with Crippen LogP contribution in [0.15, 0.2) is 47.0 Å². The summed E-state index contributed by atoms with van der Waals surface area (Å²) in [5, 5.41) is 6.01. The van der Waals surface area contributed by atoms with Crippen molar-refractivity contribution in [2.75, 3.05) is 0 Å². The fraction of sp³-hybridized carbons (Fsp3) is 0.111. The lowest BCUT2D eigenvalue weighted by Gasteiger charge is -2.10. The second-order valence-electron chi connectivity index (χ2n) is 5.67. The highest BCUT2D eigenvalue weighted by molar-refractivity contribution is 6.39. The summed E-state index contributed by atoms with van der Waals surface area (Å²) in [5.74, 6) is 0.900. The van der Waals surface area contributed by atoms with Crippen molar-refractivity contribution in [1.82, 2.24) is 14.7 Å². The topological polar surface area (TPSA) is 69.9 Å². The Hall–Kier alpha value is -2.34. The lowest BCUT2D eigenvalue weighted by atomic mass is 10.2. The summed E-state index contributed by atoms with van der Waals surface area (Å²) >= 11 is 12.8. The molecule has 4 rings (SSSR count). The SMILES string of the molecule is Cc1nc(-c2c(Cl)c3cc(Cl)ccc3n2-c2ccc(CN)cc2)no1. The average molecular weight is 373 g/mol. The average Bonchev–Trinajstić information content (AvgIpc) is 3.16. The molecule has 7 heteroatoms. The highest BCUT2D eigenvalue weighted by Gasteiger charge is 2.22. The second kappa shape index (κ2) is 6.19. The van der Waals surface area contributed by atoms with Gasteiger partial charge in [0.2, 0.25) is 11.7 Å². The molecule has 0 aliphatic rings. The third-order valence-corrected chi connectivity index (χ3v) is 4.65. The standard InChI is InChI=1S/C18H14Cl2N4O/c1-10-22-18(23-25-10)17-16(20)14-8-12(19)4-7-15(14)24(17)13-5-2-11(9-21)3-6-13/h2-8H,9,21H2,1H3. The third-order valence-electron chi connectivity index (χ3n) is 4.04. The van der Waals surface area contributed by atoms with Gasteiger partial charge in [-0.1, -0.05) is 40.5 Å². The smallest absolute Gasteiger partial charge is 0.223 e. The Bertz CT molecular complexity index is 1070. The second-order valence-corrected chi connectivity index (χ2v) is 6.48. The molecule has 0 fully saturated rings. The van der Waals surface area contributed by atoms with Crippen LogP contribution in [0.25, 0.3) is 28.1 Å². The van der Waals surface area contributed by atoms with Crippen molar-refractivity contribution in [2.45, 2.75) is 13.5 Å². The number of aryl methyl sites for hydroxylation is 1. The molecular formula is C18H14Cl2N4O. The van der Waals surface area contributed by atoms with Crippen LogP contribution in [0.3, 0.4) is 0 Å². The van der Waals surface area contributed by atoms with Crippen molar-refractivity contribution >= 4 is 34.1 Å². The van der Waals surface area contributed by atoms with E-state index < -0.39 is 0 Å². The van der Waals surface area contributed by atoms with Crippen LogP contribution in [0.4, 0.5) is 0 Å². The Kier molecular flexibility index (Phi) is 4.00. The van der Waals surface area contributed by atoms with E-state index in [-0.39, 0.29) is 0 Å². The molecule has 0 saturated carbocycles. The lowest BCUT2D eigenvalue weighted by Crippen LogP contribution is -2.00. The van der Waals surface area contributed by atoms with Crippen molar-refractivity contribution in [3.8, 4) is 17.2 Å². The number of rotatable bonds is 3. The van der Waals surface area contributed by atoms with E-state index in [2.05, 4.69) is 10.1 Å². The van der Waals surface area contributed by atoms with Crippen molar-refractivity contribution in [3.63, 3.8) is 0 Å². The Balaban J connectivity index is 2.06. The molecule has 2 aromatic heterocycles. The molecule has 0 spiro atoms. The third kappa shape index (κ3) is 2.70. The van der Waals surface area contributed by atoms with Gasteiger partial charge in [-0.3, -0.25) is 0 Å². The van der Waals surface area contributed by atoms with Crippen LogP contribution in [-0.2, 0) is 6.54 Å². The van der Waals surface area contributed by atoms with Crippen LogP contribution >= 0.6 is 23.2 Å². The van der Waals surface area contributed by atoms with Crippen LogP contribution in [0.2, 0.25) is 10.0 Å². The predicted molar refractivity (Wildman–Crippen MR) is 99.2 cm³/mol. The van der Waals surface area contributed by atoms with E-state index >= 15 is 0 Å². The van der Waals surface area contributed by atoms with Gasteiger partial charge in [-0.25, -0.2) is 0 Å². The molecule has 0 atom stereocenters. The summed E-state index contributed by atoms with van der Waals surface area (Å²) in [5.41, 5.74) is 9.24. The summed E-state index contributed by atoms with van der Waals surface area (Å²) < 4.78 is 7.14. The van der Waals surface area contributed by atoms with Gasteiger partial charge in [0.1, 0.15) is 5.69 Å². The van der Waals surface area contributed by atoms with E-state index in [0.717, 1.165) is 22.2 Å². The highest BCUT2D eigenvalue weighted by atomic mass is 35.5. The van der Waals surface area contributed by atoms with E-state index in [4.69, 9.17) is 33.5 Å². The van der Waals surface area contributed by atoms with Crippen molar-refractivity contribution in [1.29, 1.82) is 0 Å². The molecular weight excluding hydrogens is 359 g/mol. The molecule has 25 heavy (non-hydrogen) atoms. The first-order valence-corrected chi connectivity index (χ1v) is 8.43. The number of nitrogens with zero attached hydrogens (tertiary/aromatic N) is 3. The van der Waals surface area contributed by atoms with E-state index in [1.54, 1.807) is 6.92 Å². The van der Waals surface area contributed by atoms with E-state index in [9.17, 15) is 0 Å². The summed E-state index contributed by atoms with van der Waals surface area (Å²) in [6.07, 6.45) is 0. The predicted octanol–water partition coefficient (Wildman–Crippen LogP) is 4.75. The molecule has 0 bridgehead atoms. The Labute approximate surface area is 154 Å². The van der Waals surface area contributed by atoms with E-state index in [0.29, 0.717) is 34.0 Å². The number of halogens is 2. The van der Waals surface area contributed by atoms with Crippen molar-refractivity contribution in [3.05, 3.63) is 64.0 Å². The minimum Gasteiger partial charge on any atom is -0.339 e. The van der Waals surface area contributed by atoms with Crippen molar-refractivity contribution < 1.29 is 4.52 Å². The highest BCUT2D eigenvalue weighted by Crippen LogP contribution is 2.39. The zero-order valence-corrected chi connectivity index (χ0v) is 14.8. The van der Waals surface area contributed by atoms with Gasteiger partial charge < -0.3 is 14.8 Å². The Morgan fingerprint density at radius 1 is 1.12 bits per heavy atom. The van der Waals surface area contributed by atoms with Gasteiger partial charge in [-0.05, 0) is 35.9 Å². The maximum atomic E-state index is 6.67. The molecule has 0 aliphatic heterocycles. The van der Waals surface area contributed by atoms with Gasteiger partial charge >= 0.3 is 0 Å². The largest absolute Gasteiger partial charge is 0.339 e. The number of nitrogens with two attached hydrogens (primary N) is 1. The number of fused-ring (bicyclic) bond motifs is 1. The minimum atomic E-state index is 0.428. The number of aromatic nitrogens is 3. The summed E-state index contributed by atoms with van der Waals surface area (Å²) in [6, 6.07) is 13.5. The maximum absolute atomic E-state index is 6.67. The first kappa shape index (κ1) is 16.1. The van der Waals surface area contributed by atoms with Crippen molar-refractivity contribution in [2.24, 2.45) is 5.73 Å². The van der Waals surface area contributed by atoms with Crippen LogP contribution in [-0.4, -0.2) is 14.7 Å². The Morgan fingerprint density at radius 3 is 2.52 bits per heavy atom. The molecule has 0 radical (unpaired) electrons. The molecule has 5 nitrogen and oxygen atoms in total. The molecule has 0 aliphatic carbocycles. The minimum absolute atomic E-state index is 0.428. The molecule has 0 amide bonds. The zero-order valence-electron chi connectivity index (χ0n) is 13.3. The van der Waals surface area contributed by atoms with E-state index in [1.807, 2.05) is 47.0 Å². The Morgan fingerprint density at radius 2 is 1.88 bits per heavy atom. The number of hydrogen-bond acceptors (Lipinski definition) is 4. The van der Waals surface area contributed by atoms with Gasteiger partial charge in [0.05, 0.1) is 10.5 Å². The monoisotopic (exact) mass is 372 g/mol. The molecule has 2 heterocycles. The van der Waals surface area contributed by atoms with Crippen LogP contribution in [0, 0.1) is 6.92 Å². The van der Waals surface area contributed by atoms with Gasteiger partial charge in [-0.15, -0.1) is 0 Å². The molecule has 4 aromatic rings. The molecule has 0 unspecified atom stereocenters. The van der Waals surface area contributed by atoms with Gasteiger partial charge in [0.25, 0.3) is 0 Å². The fourth-order valence-electron chi connectivity index (χ4n) is 2.87. The van der Waals surface area contributed by atoms with E-state index in [1.165, 1.54) is 0 Å². The van der Waals surface area contributed by atoms with Crippen LogP contribution in [0.5, 0.6) is 0 Å². The van der Waals surface area contributed by atoms with Crippen LogP contribution < -0.4 is 5.73 Å². The summed E-state index contributed by atoms with van der Waals surface area (Å²) in [6.45, 7) is 2.23. The summed E-state index contributed by atoms with van der Waals surface area (Å²) in [7, 11) is 0. The number of hydrogen-bond donors (Lipinski definition) is 1. The first-order valence-electron chi connectivity index (χ1n) is 7.68. The van der Waals surface area contributed by atoms with Gasteiger partial charge in [-0.2, -0.15) is 4.98 Å². The maximum Gasteiger partial charge on any atom is 0.223 e. The fourth-order valence-corrected chi connectivity index (χ4v) is 3.36. The molecule has 2 aromatic carbocycles. The zero-order chi connectivity index (χ0) is 17.6. The van der Waals surface area contributed by atoms with Gasteiger partial charge in [0.15, 0.2) is 0 Å². The normalized spacial score (nSPS) is 11.4. The molecule has 2 N–H and O–H groups in total. The molecule has 126 valence electrons. The quantitative estimate of drug-likeness (QED) is 0.562. The van der Waals surface area contributed by atoms with Gasteiger partial charge in [0, 0.05) is 29.6 Å². The van der Waals surface area contributed by atoms with Crippen LogP contribution in [0.1, 0.15) is 11.5 Å². The number of benzene rings is 2.